The number of β-amino-alcohol motifs (C(OH)–C–C–N with tert-alkyl or cyclic N) is 1. The number of hydrogen-bond acceptors (Lipinski definition) is 6. The molecule has 2 aromatic heterocycles. The van der Waals surface area contributed by atoms with Gasteiger partial charge in [0.05, 0.1) is 56.1 Å². The highest BCUT2D eigenvalue weighted by Gasteiger charge is 2.24. The number of aliphatic hydroxyl groups is 1. The second-order valence-electron chi connectivity index (χ2n) is 7.59. The average Bonchev–Trinajstić information content (AvgIpc) is 2.76. The molecule has 0 amide bonds. The van der Waals surface area contributed by atoms with Crippen LogP contribution in [0.15, 0.2) is 29.2 Å². The Kier molecular flexibility index (Phi) is 6.61. The van der Waals surface area contributed by atoms with E-state index in [1.165, 1.54) is 24.4 Å². The zero-order valence-electron chi connectivity index (χ0n) is 17.3. The molecule has 0 bridgehead atoms. The topological polar surface area (TPSA) is 85.4 Å². The van der Waals surface area contributed by atoms with E-state index in [-0.39, 0.29) is 22.1 Å². The Hall–Kier alpha value is -2.34. The van der Waals surface area contributed by atoms with Gasteiger partial charge in [0.1, 0.15) is 5.82 Å². The number of hydrogen-bond donors (Lipinski definition) is 1. The molecule has 3 heterocycles. The number of anilines is 1. The molecule has 1 saturated heterocycles. The summed E-state index contributed by atoms with van der Waals surface area (Å²) in [6.07, 6.45) is 1.53. The quantitative estimate of drug-likeness (QED) is 0.598. The van der Waals surface area contributed by atoms with Crippen LogP contribution in [0.4, 0.5) is 5.82 Å². The number of aryl methyl sites for hydroxylation is 1. The summed E-state index contributed by atoms with van der Waals surface area (Å²) in [6.45, 7) is 5.32. The van der Waals surface area contributed by atoms with Crippen LogP contribution in [-0.2, 0) is 0 Å². The Morgan fingerprint density at radius 3 is 2.34 bits per heavy atom. The number of nitriles is 1. The first-order valence-electron chi connectivity index (χ1n) is 10.0. The lowest BCUT2D eigenvalue weighted by molar-refractivity contribution is 0.188. The molecule has 1 aromatic carbocycles. The van der Waals surface area contributed by atoms with Gasteiger partial charge in [0.2, 0.25) is 0 Å². The van der Waals surface area contributed by atoms with Gasteiger partial charge < -0.3 is 14.6 Å². The lowest BCUT2D eigenvalue weighted by Gasteiger charge is -2.35. The van der Waals surface area contributed by atoms with Gasteiger partial charge in [-0.05, 0) is 19.1 Å². The van der Waals surface area contributed by atoms with Crippen LogP contribution >= 0.6 is 34.8 Å². The molecule has 1 fully saturated rings. The van der Waals surface area contributed by atoms with Crippen LogP contribution in [0.1, 0.15) is 11.3 Å². The van der Waals surface area contributed by atoms with Gasteiger partial charge in [-0.1, -0.05) is 34.8 Å². The smallest absolute Gasteiger partial charge is 0.193 e. The van der Waals surface area contributed by atoms with E-state index in [9.17, 15) is 15.2 Å². The Labute approximate surface area is 200 Å². The van der Waals surface area contributed by atoms with Crippen molar-refractivity contribution in [1.82, 2.24) is 14.5 Å². The molecule has 1 N–H and O–H groups in total. The minimum Gasteiger partial charge on any atom is -0.395 e. The molecule has 7 nitrogen and oxygen atoms in total. The largest absolute Gasteiger partial charge is 0.395 e. The van der Waals surface area contributed by atoms with Crippen LogP contribution in [0.2, 0.25) is 15.1 Å². The van der Waals surface area contributed by atoms with Crippen LogP contribution in [0.3, 0.4) is 0 Å². The zero-order chi connectivity index (χ0) is 23.0. The molecule has 3 aromatic rings. The van der Waals surface area contributed by atoms with Crippen molar-refractivity contribution in [3.63, 3.8) is 0 Å². The number of aliphatic hydroxyl groups excluding tert-OH is 1. The van der Waals surface area contributed by atoms with Crippen molar-refractivity contribution in [2.24, 2.45) is 0 Å². The highest BCUT2D eigenvalue weighted by molar-refractivity contribution is 6.39. The van der Waals surface area contributed by atoms with Gasteiger partial charge in [-0.2, -0.15) is 5.26 Å². The maximum Gasteiger partial charge on any atom is 0.193 e. The van der Waals surface area contributed by atoms with E-state index in [1.54, 1.807) is 11.5 Å². The van der Waals surface area contributed by atoms with Gasteiger partial charge in [-0.25, -0.2) is 4.98 Å². The van der Waals surface area contributed by atoms with Crippen molar-refractivity contribution < 1.29 is 5.11 Å². The fourth-order valence-electron chi connectivity index (χ4n) is 4.11. The van der Waals surface area contributed by atoms with Crippen molar-refractivity contribution in [2.75, 3.05) is 44.2 Å². The highest BCUT2D eigenvalue weighted by atomic mass is 35.5. The molecular weight excluding hydrogens is 473 g/mol. The number of benzene rings is 1. The number of nitrogens with zero attached hydrogens (tertiary/aromatic N) is 5. The third kappa shape index (κ3) is 4.05. The Balaban J connectivity index is 1.94. The Morgan fingerprint density at radius 2 is 1.75 bits per heavy atom. The van der Waals surface area contributed by atoms with Crippen molar-refractivity contribution in [2.45, 2.75) is 6.92 Å². The van der Waals surface area contributed by atoms with Crippen LogP contribution in [0.25, 0.3) is 16.6 Å². The monoisotopic (exact) mass is 491 g/mol. The molecule has 1 aliphatic rings. The second-order valence-corrected chi connectivity index (χ2v) is 8.81. The van der Waals surface area contributed by atoms with E-state index in [1.807, 2.05) is 6.07 Å². The lowest BCUT2D eigenvalue weighted by atomic mass is 10.1. The van der Waals surface area contributed by atoms with Crippen LogP contribution < -0.4 is 10.3 Å². The standard InChI is InChI=1S/C22H20Cl3N5O2/c1-13-8-18(32)19-21(30(13)20-15(23)9-14(11-26)10-16(20)24)17(25)12-27-22(19)29-4-2-28(3-5-29)6-7-31/h8-10,12,31H,2-7H2,1H3. The number of aromatic nitrogens is 2. The first-order chi connectivity index (χ1) is 15.3. The van der Waals surface area contributed by atoms with Gasteiger partial charge in [0.15, 0.2) is 5.43 Å². The van der Waals surface area contributed by atoms with Crippen molar-refractivity contribution in [3.05, 3.63) is 60.9 Å². The molecule has 1 aliphatic heterocycles. The Bertz CT molecular complexity index is 1270. The first-order valence-corrected chi connectivity index (χ1v) is 11.2. The maximum atomic E-state index is 13.1. The summed E-state index contributed by atoms with van der Waals surface area (Å²) in [5.41, 5.74) is 1.65. The Morgan fingerprint density at radius 1 is 1.09 bits per heavy atom. The molecule has 166 valence electrons. The molecule has 4 rings (SSSR count). The maximum absolute atomic E-state index is 13.1. The van der Waals surface area contributed by atoms with Crippen LogP contribution in [0.5, 0.6) is 0 Å². The first kappa shape index (κ1) is 22.8. The van der Waals surface area contributed by atoms with Gasteiger partial charge in [0, 0.05) is 44.5 Å². The summed E-state index contributed by atoms with van der Waals surface area (Å²) in [6, 6.07) is 6.60. The molecule has 10 heteroatoms. The van der Waals surface area contributed by atoms with Gasteiger partial charge in [0.25, 0.3) is 0 Å². The molecule has 0 atom stereocenters. The summed E-state index contributed by atoms with van der Waals surface area (Å²) < 4.78 is 1.75. The molecule has 0 unspecified atom stereocenters. The summed E-state index contributed by atoms with van der Waals surface area (Å²) in [4.78, 5) is 21.9. The fourth-order valence-corrected chi connectivity index (χ4v) is 5.00. The predicted molar refractivity (Wildman–Crippen MR) is 128 cm³/mol. The number of rotatable bonds is 4. The highest BCUT2D eigenvalue weighted by Crippen LogP contribution is 2.36. The normalized spacial score (nSPS) is 14.7. The minimum absolute atomic E-state index is 0.109. The summed E-state index contributed by atoms with van der Waals surface area (Å²) in [7, 11) is 0. The SMILES string of the molecule is Cc1cc(=O)c2c(N3CCN(CCO)CC3)ncc(Cl)c2n1-c1c(Cl)cc(C#N)cc1Cl. The van der Waals surface area contributed by atoms with E-state index in [0.717, 1.165) is 13.1 Å². The summed E-state index contributed by atoms with van der Waals surface area (Å²) in [5, 5.41) is 19.6. The van der Waals surface area contributed by atoms with Gasteiger partial charge >= 0.3 is 0 Å². The van der Waals surface area contributed by atoms with Gasteiger partial charge in [-0.3, -0.25) is 9.69 Å². The van der Waals surface area contributed by atoms with E-state index in [2.05, 4.69) is 14.8 Å². The fraction of sp³-hybridized carbons (Fsp3) is 0.318. The van der Waals surface area contributed by atoms with Crippen LogP contribution in [-0.4, -0.2) is 58.9 Å². The summed E-state index contributed by atoms with van der Waals surface area (Å²) in [5.74, 6) is 0.549. The minimum atomic E-state index is -0.197. The summed E-state index contributed by atoms with van der Waals surface area (Å²) >= 11 is 19.6. The molecule has 0 radical (unpaired) electrons. The number of pyridine rings is 2. The number of halogens is 3. The number of piperazine rings is 1. The molecule has 0 aliphatic carbocycles. The van der Waals surface area contributed by atoms with Gasteiger partial charge in [-0.15, -0.1) is 0 Å². The molecule has 32 heavy (non-hydrogen) atoms. The van der Waals surface area contributed by atoms with Crippen molar-refractivity contribution >= 4 is 51.5 Å². The molecule has 0 saturated carbocycles. The van der Waals surface area contributed by atoms with Crippen LogP contribution in [0, 0.1) is 18.3 Å². The molecule has 0 spiro atoms. The zero-order valence-corrected chi connectivity index (χ0v) is 19.5. The van der Waals surface area contributed by atoms with E-state index in [0.29, 0.717) is 58.3 Å². The lowest BCUT2D eigenvalue weighted by Crippen LogP contribution is -2.47. The predicted octanol–water partition coefficient (Wildman–Crippen LogP) is 3.64. The third-order valence-corrected chi connectivity index (χ3v) is 6.46. The van der Waals surface area contributed by atoms with Crippen molar-refractivity contribution in [1.29, 1.82) is 5.26 Å². The van der Waals surface area contributed by atoms with Crippen molar-refractivity contribution in [3.8, 4) is 11.8 Å². The van der Waals surface area contributed by atoms with E-state index < -0.39 is 0 Å². The third-order valence-electron chi connectivity index (χ3n) is 5.61. The second kappa shape index (κ2) is 9.26. The average molecular weight is 493 g/mol. The molecular formula is C22H20Cl3N5O2. The van der Waals surface area contributed by atoms with E-state index >= 15 is 0 Å². The van der Waals surface area contributed by atoms with E-state index in [4.69, 9.17) is 34.8 Å². The number of fused-ring (bicyclic) bond motifs is 1.